The summed E-state index contributed by atoms with van der Waals surface area (Å²) >= 11 is 7.89. The number of aromatic nitrogens is 1. The molecule has 0 amide bonds. The molecule has 0 aliphatic carbocycles. The number of hydrogen-bond donors (Lipinski definition) is 0. The Hall–Kier alpha value is -1.14. The van der Waals surface area contributed by atoms with Gasteiger partial charge in [-0.3, -0.25) is 4.90 Å². The average Bonchev–Trinajstić information content (AvgIpc) is 3.04. The highest BCUT2D eigenvalue weighted by atomic mass is 35.5. The number of nitrogens with zero attached hydrogens (tertiary/aromatic N) is 3. The fourth-order valence-corrected chi connectivity index (χ4v) is 5.45. The molecule has 2 saturated heterocycles. The predicted molar refractivity (Wildman–Crippen MR) is 118 cm³/mol. The maximum atomic E-state index is 6.06. The third-order valence-electron chi connectivity index (χ3n) is 6.12. The largest absolute Gasteiger partial charge is 0.376 e. The van der Waals surface area contributed by atoms with Crippen molar-refractivity contribution < 1.29 is 4.74 Å². The standard InChI is InChI=1S/C22H30ClN3OS/c1-15-13-26(21(14-27-15)12-18-4-6-19(23)7-5-18)20-8-10-25(11-9-20)22-24-16(2)17(3)28-22/h4-7,15,20-21H,8-14H2,1-3H3/t15-,21-/m0/s1. The second kappa shape index (κ2) is 8.70. The number of benzene rings is 1. The van der Waals surface area contributed by atoms with Gasteiger partial charge in [-0.25, -0.2) is 4.98 Å². The predicted octanol–water partition coefficient (Wildman–Crippen LogP) is 4.71. The molecule has 3 heterocycles. The molecule has 0 spiro atoms. The Labute approximate surface area is 177 Å². The van der Waals surface area contributed by atoms with Gasteiger partial charge in [-0.05, 0) is 57.7 Å². The Bertz CT molecular complexity index is 766. The second-order valence-electron chi connectivity index (χ2n) is 8.18. The van der Waals surface area contributed by atoms with Crippen molar-refractivity contribution in [3.63, 3.8) is 0 Å². The summed E-state index contributed by atoms with van der Waals surface area (Å²) in [5.74, 6) is 0. The third-order valence-corrected chi connectivity index (χ3v) is 7.50. The molecule has 2 fully saturated rings. The van der Waals surface area contributed by atoms with E-state index in [9.17, 15) is 0 Å². The molecule has 2 atom stereocenters. The van der Waals surface area contributed by atoms with E-state index in [0.717, 1.165) is 37.7 Å². The Morgan fingerprint density at radius 3 is 2.54 bits per heavy atom. The van der Waals surface area contributed by atoms with Crippen LogP contribution in [0.25, 0.3) is 0 Å². The number of morpholine rings is 1. The van der Waals surface area contributed by atoms with Crippen molar-refractivity contribution in [2.45, 2.75) is 58.2 Å². The molecular weight excluding hydrogens is 390 g/mol. The first-order chi connectivity index (χ1) is 13.5. The normalized spacial score (nSPS) is 24.6. The molecule has 4 nitrogen and oxygen atoms in total. The number of halogens is 1. The van der Waals surface area contributed by atoms with Gasteiger partial charge in [0.2, 0.25) is 0 Å². The maximum absolute atomic E-state index is 6.06. The topological polar surface area (TPSA) is 28.6 Å². The van der Waals surface area contributed by atoms with Crippen LogP contribution >= 0.6 is 22.9 Å². The molecule has 2 aromatic rings. The van der Waals surface area contributed by atoms with Crippen LogP contribution < -0.4 is 4.90 Å². The van der Waals surface area contributed by atoms with Gasteiger partial charge < -0.3 is 9.64 Å². The van der Waals surface area contributed by atoms with E-state index in [0.29, 0.717) is 18.2 Å². The summed E-state index contributed by atoms with van der Waals surface area (Å²) in [6.45, 7) is 10.5. The van der Waals surface area contributed by atoms with Crippen LogP contribution in [0.3, 0.4) is 0 Å². The van der Waals surface area contributed by atoms with E-state index in [2.05, 4.69) is 42.7 Å². The molecule has 6 heteroatoms. The summed E-state index contributed by atoms with van der Waals surface area (Å²) in [7, 11) is 0. The van der Waals surface area contributed by atoms with Gasteiger partial charge in [0.05, 0.1) is 18.4 Å². The van der Waals surface area contributed by atoms with Crippen molar-refractivity contribution in [1.82, 2.24) is 9.88 Å². The van der Waals surface area contributed by atoms with Crippen molar-refractivity contribution in [3.8, 4) is 0 Å². The van der Waals surface area contributed by atoms with Crippen molar-refractivity contribution in [1.29, 1.82) is 0 Å². The number of hydrogen-bond acceptors (Lipinski definition) is 5. The molecule has 1 aromatic heterocycles. The molecule has 1 aromatic carbocycles. The number of piperidine rings is 1. The lowest BCUT2D eigenvalue weighted by molar-refractivity contribution is -0.0744. The van der Waals surface area contributed by atoms with Gasteiger partial charge in [0, 0.05) is 41.6 Å². The lowest BCUT2D eigenvalue weighted by Crippen LogP contribution is -2.56. The Morgan fingerprint density at radius 1 is 1.18 bits per heavy atom. The Balaban J connectivity index is 1.41. The number of rotatable bonds is 4. The van der Waals surface area contributed by atoms with Gasteiger partial charge in [0.25, 0.3) is 0 Å². The fraction of sp³-hybridized carbons (Fsp3) is 0.591. The van der Waals surface area contributed by atoms with Gasteiger partial charge in [0.1, 0.15) is 0 Å². The second-order valence-corrected chi connectivity index (χ2v) is 9.80. The zero-order chi connectivity index (χ0) is 19.7. The molecule has 0 unspecified atom stereocenters. The van der Waals surface area contributed by atoms with E-state index in [1.807, 2.05) is 23.5 Å². The van der Waals surface area contributed by atoms with Gasteiger partial charge in [-0.15, -0.1) is 11.3 Å². The lowest BCUT2D eigenvalue weighted by Gasteiger charge is -2.46. The zero-order valence-electron chi connectivity index (χ0n) is 17.0. The maximum Gasteiger partial charge on any atom is 0.185 e. The number of thiazole rings is 1. The van der Waals surface area contributed by atoms with E-state index >= 15 is 0 Å². The first-order valence-electron chi connectivity index (χ1n) is 10.3. The van der Waals surface area contributed by atoms with Gasteiger partial charge >= 0.3 is 0 Å². The highest BCUT2D eigenvalue weighted by molar-refractivity contribution is 7.15. The molecule has 2 aliphatic rings. The average molecular weight is 420 g/mol. The van der Waals surface area contributed by atoms with Crippen LogP contribution in [0.2, 0.25) is 5.02 Å². The van der Waals surface area contributed by atoms with Crippen LogP contribution in [0.4, 0.5) is 5.13 Å². The van der Waals surface area contributed by atoms with Crippen LogP contribution in [0.15, 0.2) is 24.3 Å². The van der Waals surface area contributed by atoms with Gasteiger partial charge in [-0.2, -0.15) is 0 Å². The molecule has 4 rings (SSSR count). The highest BCUT2D eigenvalue weighted by Crippen LogP contribution is 2.30. The van der Waals surface area contributed by atoms with Crippen LogP contribution in [0, 0.1) is 13.8 Å². The van der Waals surface area contributed by atoms with Crippen molar-refractivity contribution in [3.05, 3.63) is 45.4 Å². The summed E-state index contributed by atoms with van der Waals surface area (Å²) in [5, 5.41) is 2.00. The Morgan fingerprint density at radius 2 is 1.89 bits per heavy atom. The monoisotopic (exact) mass is 419 g/mol. The van der Waals surface area contributed by atoms with Crippen LogP contribution in [0.5, 0.6) is 0 Å². The Kier molecular flexibility index (Phi) is 6.26. The van der Waals surface area contributed by atoms with Gasteiger partial charge in [-0.1, -0.05) is 23.7 Å². The van der Waals surface area contributed by atoms with Gasteiger partial charge in [0.15, 0.2) is 5.13 Å². The van der Waals surface area contributed by atoms with E-state index in [1.165, 1.54) is 34.1 Å². The third kappa shape index (κ3) is 4.54. The smallest absolute Gasteiger partial charge is 0.185 e. The van der Waals surface area contributed by atoms with Crippen molar-refractivity contribution in [2.75, 3.05) is 31.1 Å². The van der Waals surface area contributed by atoms with E-state index < -0.39 is 0 Å². The zero-order valence-corrected chi connectivity index (χ0v) is 18.6. The molecule has 152 valence electrons. The number of ether oxygens (including phenoxy) is 1. The lowest BCUT2D eigenvalue weighted by atomic mass is 9.96. The summed E-state index contributed by atoms with van der Waals surface area (Å²) in [5.41, 5.74) is 2.51. The van der Waals surface area contributed by atoms with Crippen molar-refractivity contribution in [2.24, 2.45) is 0 Å². The quantitative estimate of drug-likeness (QED) is 0.717. The van der Waals surface area contributed by atoms with E-state index in [-0.39, 0.29) is 0 Å². The molecule has 0 N–H and O–H groups in total. The minimum absolute atomic E-state index is 0.309. The number of anilines is 1. The molecule has 0 bridgehead atoms. The fourth-order valence-electron chi connectivity index (χ4n) is 4.37. The molecular formula is C22H30ClN3OS. The first kappa shape index (κ1) is 20.1. The van der Waals surface area contributed by atoms with Crippen molar-refractivity contribution >= 4 is 28.1 Å². The summed E-state index contributed by atoms with van der Waals surface area (Å²) < 4.78 is 6.03. The summed E-state index contributed by atoms with van der Waals surface area (Å²) in [6.07, 6.45) is 3.72. The molecule has 0 saturated carbocycles. The molecule has 28 heavy (non-hydrogen) atoms. The van der Waals surface area contributed by atoms with Crippen LogP contribution in [-0.2, 0) is 11.2 Å². The summed E-state index contributed by atoms with van der Waals surface area (Å²) in [6, 6.07) is 9.34. The molecule has 2 aliphatic heterocycles. The minimum atomic E-state index is 0.309. The molecule has 0 radical (unpaired) electrons. The SMILES string of the molecule is Cc1nc(N2CCC(N3C[C@H](C)OC[C@@H]3Cc3ccc(Cl)cc3)CC2)sc1C. The van der Waals surface area contributed by atoms with E-state index in [1.54, 1.807) is 0 Å². The van der Waals surface area contributed by atoms with Crippen LogP contribution in [0.1, 0.15) is 35.9 Å². The first-order valence-corrected chi connectivity index (χ1v) is 11.5. The van der Waals surface area contributed by atoms with Crippen LogP contribution in [-0.4, -0.2) is 54.3 Å². The minimum Gasteiger partial charge on any atom is -0.376 e. The summed E-state index contributed by atoms with van der Waals surface area (Å²) in [4.78, 5) is 11.3. The van der Waals surface area contributed by atoms with E-state index in [4.69, 9.17) is 21.3 Å². The number of aryl methyl sites for hydroxylation is 2. The highest BCUT2D eigenvalue weighted by Gasteiger charge is 2.34.